The highest BCUT2D eigenvalue weighted by Gasteiger charge is 2.50. The van der Waals surface area contributed by atoms with Gasteiger partial charge < -0.3 is 10.2 Å². The molecule has 0 fully saturated rings. The first-order valence-corrected chi connectivity index (χ1v) is 9.99. The lowest BCUT2D eigenvalue weighted by molar-refractivity contribution is -0.0604. The first kappa shape index (κ1) is 17.6. The number of aromatic nitrogens is 1. The van der Waals surface area contributed by atoms with Gasteiger partial charge in [0.25, 0.3) is 0 Å². The van der Waals surface area contributed by atoms with Crippen LogP contribution in [-0.2, 0) is 6.42 Å². The summed E-state index contributed by atoms with van der Waals surface area (Å²) in [5.74, 6) is -0.0971. The number of thiazole rings is 1. The lowest BCUT2D eigenvalue weighted by atomic mass is 9.61. The van der Waals surface area contributed by atoms with Crippen LogP contribution in [0, 0.1) is 11.8 Å². The summed E-state index contributed by atoms with van der Waals surface area (Å²) in [6.07, 6.45) is 15.6. The summed E-state index contributed by atoms with van der Waals surface area (Å²) in [6, 6.07) is 0. The first-order chi connectivity index (χ1) is 12.4. The standard InChI is InChI=1S/C20H25N3O2S/c1-19(24)11-13(20(2,25)15-8-4-3-7-14(15)19)12-21-23-18-22-16-9-5-6-10-17(16)26-18/h4,6,8,10-12,14-15,24-25H,3,5,7,9H2,1-2H3,(H,22,23)/b21-12+. The molecule has 0 bridgehead atoms. The van der Waals surface area contributed by atoms with Gasteiger partial charge in [0.15, 0.2) is 0 Å². The van der Waals surface area contributed by atoms with Gasteiger partial charge in [0.2, 0.25) is 5.13 Å². The number of fused-ring (bicyclic) bond motifs is 2. The van der Waals surface area contributed by atoms with Crippen LogP contribution >= 0.6 is 11.3 Å². The Morgan fingerprint density at radius 3 is 2.96 bits per heavy atom. The molecule has 4 rings (SSSR count). The zero-order chi connectivity index (χ0) is 18.4. The zero-order valence-corrected chi connectivity index (χ0v) is 16.0. The van der Waals surface area contributed by atoms with E-state index in [0.717, 1.165) is 36.5 Å². The monoisotopic (exact) mass is 371 g/mol. The minimum Gasteiger partial charge on any atom is -0.386 e. The maximum absolute atomic E-state index is 11.1. The minimum atomic E-state index is -1.06. The highest BCUT2D eigenvalue weighted by Crippen LogP contribution is 2.47. The summed E-state index contributed by atoms with van der Waals surface area (Å²) >= 11 is 1.57. The van der Waals surface area contributed by atoms with E-state index in [1.807, 2.05) is 13.0 Å². The van der Waals surface area contributed by atoms with E-state index in [1.165, 1.54) is 4.88 Å². The quantitative estimate of drug-likeness (QED) is 0.432. The third-order valence-corrected chi connectivity index (χ3v) is 6.73. The van der Waals surface area contributed by atoms with Crippen LogP contribution in [0.3, 0.4) is 0 Å². The fourth-order valence-corrected chi connectivity index (χ4v) is 5.18. The van der Waals surface area contributed by atoms with Crippen molar-refractivity contribution in [3.8, 4) is 0 Å². The van der Waals surface area contributed by atoms with E-state index in [2.05, 4.69) is 33.7 Å². The van der Waals surface area contributed by atoms with Crippen molar-refractivity contribution in [2.45, 2.75) is 50.7 Å². The van der Waals surface area contributed by atoms with E-state index in [9.17, 15) is 10.2 Å². The minimum absolute atomic E-state index is 0.0186. The number of hydrogen-bond acceptors (Lipinski definition) is 6. The van der Waals surface area contributed by atoms with E-state index in [1.54, 1.807) is 30.6 Å². The molecule has 0 saturated carbocycles. The molecule has 1 aromatic heterocycles. The number of hydrogen-bond donors (Lipinski definition) is 3. The molecule has 1 aromatic rings. The molecule has 0 spiro atoms. The molecule has 0 aliphatic heterocycles. The van der Waals surface area contributed by atoms with Gasteiger partial charge >= 0.3 is 0 Å². The molecule has 3 aliphatic rings. The summed E-state index contributed by atoms with van der Waals surface area (Å²) in [4.78, 5) is 5.74. The average molecular weight is 372 g/mol. The van der Waals surface area contributed by atoms with Crippen LogP contribution in [0.1, 0.15) is 43.7 Å². The third kappa shape index (κ3) is 3.06. The molecule has 0 saturated heterocycles. The first-order valence-electron chi connectivity index (χ1n) is 9.18. The van der Waals surface area contributed by atoms with Crippen molar-refractivity contribution < 1.29 is 10.2 Å². The van der Waals surface area contributed by atoms with Crippen molar-refractivity contribution in [1.82, 2.24) is 4.98 Å². The third-order valence-electron chi connectivity index (χ3n) is 5.76. The maximum atomic E-state index is 11.1. The van der Waals surface area contributed by atoms with Crippen molar-refractivity contribution >= 4 is 28.8 Å². The Balaban J connectivity index is 1.55. The van der Waals surface area contributed by atoms with Crippen LogP contribution in [0.2, 0.25) is 0 Å². The van der Waals surface area contributed by atoms with Gasteiger partial charge in [0, 0.05) is 17.4 Å². The highest BCUT2D eigenvalue weighted by atomic mass is 32.1. The molecule has 0 aromatic carbocycles. The lowest BCUT2D eigenvalue weighted by Gasteiger charge is -2.48. The molecule has 1 heterocycles. The van der Waals surface area contributed by atoms with Crippen LogP contribution in [0.15, 0.2) is 35.0 Å². The predicted molar refractivity (Wildman–Crippen MR) is 106 cm³/mol. The zero-order valence-electron chi connectivity index (χ0n) is 15.1. The number of nitrogens with zero attached hydrogens (tertiary/aromatic N) is 2. The number of aryl methyl sites for hydroxylation is 1. The molecule has 0 amide bonds. The lowest BCUT2D eigenvalue weighted by Crippen LogP contribution is -2.53. The van der Waals surface area contributed by atoms with Crippen LogP contribution in [0.4, 0.5) is 5.13 Å². The van der Waals surface area contributed by atoms with Gasteiger partial charge in [0.1, 0.15) is 0 Å². The largest absolute Gasteiger partial charge is 0.386 e. The summed E-state index contributed by atoms with van der Waals surface area (Å²) in [5.41, 5.74) is 2.70. The van der Waals surface area contributed by atoms with Crippen molar-refractivity contribution in [2.75, 3.05) is 5.43 Å². The molecule has 138 valence electrons. The predicted octanol–water partition coefficient (Wildman–Crippen LogP) is 3.52. The molecule has 6 heteroatoms. The molecule has 26 heavy (non-hydrogen) atoms. The molecule has 5 nitrogen and oxygen atoms in total. The summed E-state index contributed by atoms with van der Waals surface area (Å²) in [6.45, 7) is 3.63. The molecule has 4 unspecified atom stereocenters. The SMILES string of the molecule is CC1(O)C=C(/C=N/Nc2nc3c(s2)C=CCC3)C(C)(O)C2C=CCCC21. The number of rotatable bonds is 3. The van der Waals surface area contributed by atoms with E-state index in [-0.39, 0.29) is 11.8 Å². The number of allylic oxidation sites excluding steroid dienone is 2. The smallest absolute Gasteiger partial charge is 0.204 e. The number of aliphatic hydroxyl groups is 2. The van der Waals surface area contributed by atoms with Gasteiger partial charge in [-0.15, -0.1) is 0 Å². The molecule has 4 atom stereocenters. The van der Waals surface area contributed by atoms with Crippen LogP contribution in [-0.4, -0.2) is 32.6 Å². The van der Waals surface area contributed by atoms with Gasteiger partial charge in [-0.05, 0) is 51.7 Å². The summed E-state index contributed by atoms with van der Waals surface area (Å²) < 4.78 is 0. The molecular weight excluding hydrogens is 346 g/mol. The van der Waals surface area contributed by atoms with Crippen molar-refractivity contribution in [2.24, 2.45) is 16.9 Å². The number of hydrazone groups is 1. The maximum Gasteiger partial charge on any atom is 0.204 e. The number of nitrogens with one attached hydrogen (secondary N) is 1. The van der Waals surface area contributed by atoms with Gasteiger partial charge in [0.05, 0.1) is 28.0 Å². The second-order valence-electron chi connectivity index (χ2n) is 7.75. The van der Waals surface area contributed by atoms with Gasteiger partial charge in [-0.25, -0.2) is 4.98 Å². The Kier molecular flexibility index (Phi) is 4.37. The molecule has 3 aliphatic carbocycles. The van der Waals surface area contributed by atoms with Crippen molar-refractivity contribution in [3.63, 3.8) is 0 Å². The topological polar surface area (TPSA) is 77.7 Å². The van der Waals surface area contributed by atoms with Crippen molar-refractivity contribution in [3.05, 3.63) is 40.4 Å². The van der Waals surface area contributed by atoms with E-state index >= 15 is 0 Å². The van der Waals surface area contributed by atoms with E-state index < -0.39 is 11.2 Å². The Bertz CT molecular complexity index is 817. The van der Waals surface area contributed by atoms with E-state index in [4.69, 9.17) is 0 Å². The van der Waals surface area contributed by atoms with Crippen LogP contribution < -0.4 is 5.43 Å². The van der Waals surface area contributed by atoms with E-state index in [0.29, 0.717) is 5.57 Å². The van der Waals surface area contributed by atoms with Gasteiger partial charge in [-0.2, -0.15) is 5.10 Å². The Morgan fingerprint density at radius 2 is 2.15 bits per heavy atom. The molecular formula is C20H25N3O2S. The average Bonchev–Trinajstić information content (AvgIpc) is 3.02. The second-order valence-corrected chi connectivity index (χ2v) is 8.78. The number of anilines is 1. The highest BCUT2D eigenvalue weighted by molar-refractivity contribution is 7.16. The molecule has 0 radical (unpaired) electrons. The fourth-order valence-electron chi connectivity index (χ4n) is 4.28. The Labute approximate surface area is 157 Å². The van der Waals surface area contributed by atoms with Gasteiger partial charge in [-0.3, -0.25) is 5.43 Å². The normalized spacial score (nSPS) is 35.9. The van der Waals surface area contributed by atoms with Crippen LogP contribution in [0.25, 0.3) is 6.08 Å². The summed E-state index contributed by atoms with van der Waals surface area (Å²) in [5, 5.41) is 27.0. The Hall–Kier alpha value is -1.76. The fraction of sp³-hybridized carbons (Fsp3) is 0.500. The summed E-state index contributed by atoms with van der Waals surface area (Å²) in [7, 11) is 0. The van der Waals surface area contributed by atoms with Gasteiger partial charge in [-0.1, -0.05) is 29.6 Å². The van der Waals surface area contributed by atoms with Crippen molar-refractivity contribution in [1.29, 1.82) is 0 Å². The van der Waals surface area contributed by atoms with Crippen LogP contribution in [0.5, 0.6) is 0 Å². The molecule has 3 N–H and O–H groups in total. The Morgan fingerprint density at radius 1 is 1.31 bits per heavy atom. The second kappa shape index (κ2) is 6.44.